The summed E-state index contributed by atoms with van der Waals surface area (Å²) < 4.78 is 13.2. The van der Waals surface area contributed by atoms with Gasteiger partial charge in [-0.2, -0.15) is 0 Å². The summed E-state index contributed by atoms with van der Waals surface area (Å²) >= 11 is 0. The van der Waals surface area contributed by atoms with Gasteiger partial charge in [0.25, 0.3) is 0 Å². The molecule has 0 atom stereocenters. The van der Waals surface area contributed by atoms with Crippen LogP contribution in [0.4, 0.5) is 4.39 Å². The van der Waals surface area contributed by atoms with Crippen LogP contribution in [0.5, 0.6) is 5.75 Å². The van der Waals surface area contributed by atoms with Crippen molar-refractivity contribution in [1.82, 2.24) is 10.6 Å². The molecule has 0 saturated heterocycles. The Kier molecular flexibility index (Phi) is 7.08. The third-order valence-corrected chi connectivity index (χ3v) is 3.52. The molecule has 5 heteroatoms. The Bertz CT molecular complexity index is 656. The van der Waals surface area contributed by atoms with Gasteiger partial charge in [0.15, 0.2) is 5.96 Å². The van der Waals surface area contributed by atoms with Gasteiger partial charge in [-0.1, -0.05) is 24.3 Å². The average Bonchev–Trinajstić information content (AvgIpc) is 2.58. The van der Waals surface area contributed by atoms with Gasteiger partial charge in [0.1, 0.15) is 11.6 Å². The van der Waals surface area contributed by atoms with E-state index < -0.39 is 0 Å². The third kappa shape index (κ3) is 6.28. The molecule has 0 heterocycles. The van der Waals surface area contributed by atoms with Crippen LogP contribution in [0.15, 0.2) is 53.5 Å². The van der Waals surface area contributed by atoms with Gasteiger partial charge in [0.05, 0.1) is 6.54 Å². The Balaban J connectivity index is 1.79. The lowest BCUT2D eigenvalue weighted by atomic mass is 10.1. The smallest absolute Gasteiger partial charge is 0.191 e. The number of aryl methyl sites for hydroxylation is 1. The van der Waals surface area contributed by atoms with Crippen LogP contribution in [0.25, 0.3) is 0 Å². The van der Waals surface area contributed by atoms with Crippen molar-refractivity contribution in [3.63, 3.8) is 0 Å². The molecule has 2 aromatic rings. The SMILES string of the molecule is CCNC(=NCc1cccc(F)c1)NCCCc1ccc(O)cc1. The van der Waals surface area contributed by atoms with Gasteiger partial charge in [0.2, 0.25) is 0 Å². The summed E-state index contributed by atoms with van der Waals surface area (Å²) in [6.45, 7) is 4.00. The lowest BCUT2D eigenvalue weighted by Gasteiger charge is -2.11. The van der Waals surface area contributed by atoms with Crippen molar-refractivity contribution in [3.05, 3.63) is 65.5 Å². The van der Waals surface area contributed by atoms with E-state index in [9.17, 15) is 9.50 Å². The number of phenolic OH excluding ortho intramolecular Hbond substituents is 1. The number of halogens is 1. The Morgan fingerprint density at radius 1 is 1.08 bits per heavy atom. The highest BCUT2D eigenvalue weighted by atomic mass is 19.1. The molecule has 24 heavy (non-hydrogen) atoms. The minimum atomic E-state index is -0.241. The molecule has 0 aliphatic rings. The molecule has 3 N–H and O–H groups in total. The number of aromatic hydroxyl groups is 1. The molecular weight excluding hydrogens is 305 g/mol. The van der Waals surface area contributed by atoms with E-state index in [1.807, 2.05) is 25.1 Å². The predicted molar refractivity (Wildman–Crippen MR) is 95.6 cm³/mol. The van der Waals surface area contributed by atoms with Crippen molar-refractivity contribution in [2.45, 2.75) is 26.3 Å². The normalized spacial score (nSPS) is 11.3. The van der Waals surface area contributed by atoms with Crippen molar-refractivity contribution in [3.8, 4) is 5.75 Å². The van der Waals surface area contributed by atoms with Crippen molar-refractivity contribution in [1.29, 1.82) is 0 Å². The molecule has 0 aliphatic carbocycles. The quantitative estimate of drug-likeness (QED) is 0.415. The zero-order valence-corrected chi connectivity index (χ0v) is 13.9. The van der Waals surface area contributed by atoms with Gasteiger partial charge in [-0.3, -0.25) is 0 Å². The van der Waals surface area contributed by atoms with E-state index in [1.54, 1.807) is 18.2 Å². The zero-order chi connectivity index (χ0) is 17.2. The molecule has 0 fully saturated rings. The van der Waals surface area contributed by atoms with Crippen molar-refractivity contribution in [2.75, 3.05) is 13.1 Å². The number of hydrogen-bond acceptors (Lipinski definition) is 2. The molecular formula is C19H24FN3O. The Labute approximate surface area is 142 Å². The number of benzene rings is 2. The van der Waals surface area contributed by atoms with Gasteiger partial charge in [-0.25, -0.2) is 9.38 Å². The monoisotopic (exact) mass is 329 g/mol. The molecule has 2 rings (SSSR count). The van der Waals surface area contributed by atoms with Crippen LogP contribution >= 0.6 is 0 Å². The Morgan fingerprint density at radius 2 is 1.88 bits per heavy atom. The van der Waals surface area contributed by atoms with Crippen LogP contribution < -0.4 is 10.6 Å². The van der Waals surface area contributed by atoms with Gasteiger partial charge in [0, 0.05) is 13.1 Å². The predicted octanol–water partition coefficient (Wildman–Crippen LogP) is 3.22. The molecule has 0 unspecified atom stereocenters. The van der Waals surface area contributed by atoms with E-state index >= 15 is 0 Å². The highest BCUT2D eigenvalue weighted by Gasteiger charge is 1.99. The average molecular weight is 329 g/mol. The summed E-state index contributed by atoms with van der Waals surface area (Å²) in [6, 6.07) is 13.7. The van der Waals surface area contributed by atoms with Crippen LogP contribution in [0.2, 0.25) is 0 Å². The maximum absolute atomic E-state index is 13.2. The fourth-order valence-corrected chi connectivity index (χ4v) is 2.31. The maximum Gasteiger partial charge on any atom is 0.191 e. The van der Waals surface area contributed by atoms with Crippen LogP contribution in [0.3, 0.4) is 0 Å². The summed E-state index contributed by atoms with van der Waals surface area (Å²) in [5, 5.41) is 15.7. The maximum atomic E-state index is 13.2. The largest absolute Gasteiger partial charge is 0.508 e. The molecule has 128 valence electrons. The molecule has 0 spiro atoms. The number of nitrogens with one attached hydrogen (secondary N) is 2. The van der Waals surface area contributed by atoms with E-state index in [2.05, 4.69) is 15.6 Å². The van der Waals surface area contributed by atoms with Crippen LogP contribution in [-0.4, -0.2) is 24.2 Å². The molecule has 4 nitrogen and oxygen atoms in total. The first-order valence-electron chi connectivity index (χ1n) is 8.22. The molecule has 0 saturated carbocycles. The fraction of sp³-hybridized carbons (Fsp3) is 0.316. The van der Waals surface area contributed by atoms with Gasteiger partial charge in [-0.15, -0.1) is 0 Å². The zero-order valence-electron chi connectivity index (χ0n) is 13.9. The Hall–Kier alpha value is -2.56. The highest BCUT2D eigenvalue weighted by molar-refractivity contribution is 5.79. The van der Waals surface area contributed by atoms with E-state index in [4.69, 9.17) is 0 Å². The van der Waals surface area contributed by atoms with E-state index in [0.717, 1.165) is 37.5 Å². The summed E-state index contributed by atoms with van der Waals surface area (Å²) in [6.07, 6.45) is 1.88. The summed E-state index contributed by atoms with van der Waals surface area (Å²) in [7, 11) is 0. The summed E-state index contributed by atoms with van der Waals surface area (Å²) in [4.78, 5) is 4.48. The number of hydrogen-bond donors (Lipinski definition) is 3. The van der Waals surface area contributed by atoms with Crippen molar-refractivity contribution >= 4 is 5.96 Å². The Morgan fingerprint density at radius 3 is 2.58 bits per heavy atom. The summed E-state index contributed by atoms with van der Waals surface area (Å²) in [5.74, 6) is 0.776. The first kappa shape index (κ1) is 17.8. The molecule has 2 aromatic carbocycles. The standard InChI is InChI=1S/C19H24FN3O/c1-2-21-19(23-14-16-5-3-7-17(20)13-16)22-12-4-6-15-8-10-18(24)11-9-15/h3,5,7-11,13,24H,2,4,6,12,14H2,1H3,(H2,21,22,23). The van der Waals surface area contributed by atoms with Crippen LogP contribution in [0, 0.1) is 5.82 Å². The lowest BCUT2D eigenvalue weighted by molar-refractivity contribution is 0.475. The van der Waals surface area contributed by atoms with Crippen LogP contribution in [-0.2, 0) is 13.0 Å². The fourth-order valence-electron chi connectivity index (χ4n) is 2.31. The van der Waals surface area contributed by atoms with Gasteiger partial charge in [-0.05, 0) is 55.2 Å². The lowest BCUT2D eigenvalue weighted by Crippen LogP contribution is -2.37. The van der Waals surface area contributed by atoms with Crippen molar-refractivity contribution < 1.29 is 9.50 Å². The molecule has 0 radical (unpaired) electrons. The first-order chi connectivity index (χ1) is 11.7. The number of aliphatic imine (C=N–C) groups is 1. The van der Waals surface area contributed by atoms with E-state index in [1.165, 1.54) is 17.7 Å². The first-order valence-corrected chi connectivity index (χ1v) is 8.22. The minimum Gasteiger partial charge on any atom is -0.508 e. The molecule has 0 amide bonds. The number of guanidine groups is 1. The third-order valence-electron chi connectivity index (χ3n) is 3.52. The van der Waals surface area contributed by atoms with Gasteiger partial charge < -0.3 is 15.7 Å². The molecule has 0 aliphatic heterocycles. The van der Waals surface area contributed by atoms with E-state index in [0.29, 0.717) is 6.54 Å². The van der Waals surface area contributed by atoms with Crippen LogP contribution in [0.1, 0.15) is 24.5 Å². The molecule has 0 aromatic heterocycles. The number of nitrogens with zero attached hydrogens (tertiary/aromatic N) is 1. The minimum absolute atomic E-state index is 0.241. The summed E-state index contributed by atoms with van der Waals surface area (Å²) in [5.41, 5.74) is 2.03. The van der Waals surface area contributed by atoms with Gasteiger partial charge >= 0.3 is 0 Å². The van der Waals surface area contributed by atoms with E-state index in [-0.39, 0.29) is 11.6 Å². The topological polar surface area (TPSA) is 56.7 Å². The second-order valence-electron chi connectivity index (χ2n) is 5.52. The highest BCUT2D eigenvalue weighted by Crippen LogP contribution is 2.10. The second-order valence-corrected chi connectivity index (χ2v) is 5.52. The number of rotatable bonds is 7. The van der Waals surface area contributed by atoms with Crippen molar-refractivity contribution in [2.24, 2.45) is 4.99 Å². The molecule has 0 bridgehead atoms. The second kappa shape index (κ2) is 9.55. The number of phenols is 1.